The Morgan fingerprint density at radius 2 is 1.62 bits per heavy atom. The van der Waals surface area contributed by atoms with E-state index in [4.69, 9.17) is 30.6 Å². The van der Waals surface area contributed by atoms with Crippen LogP contribution in [0.1, 0.15) is 19.3 Å². The second kappa shape index (κ2) is 8.76. The fraction of sp³-hybridized carbons (Fsp3) is 0.545. The maximum absolute atomic E-state index is 10.5. The summed E-state index contributed by atoms with van der Waals surface area (Å²) in [5.41, 5.74) is 0. The van der Waals surface area contributed by atoms with Gasteiger partial charge in [0.1, 0.15) is 6.10 Å². The number of carbonyl (C=O) groups excluding carboxylic acids is 1. The van der Waals surface area contributed by atoms with Crippen LogP contribution in [0, 0.1) is 0 Å². The maximum Gasteiger partial charge on any atom is 0.377 e. The first-order valence-corrected chi connectivity index (χ1v) is 5.76. The van der Waals surface area contributed by atoms with E-state index in [1.165, 1.54) is 0 Å². The molecule has 0 radical (unpaired) electrons. The first kappa shape index (κ1) is 18.7. The van der Waals surface area contributed by atoms with Gasteiger partial charge >= 0.3 is 17.9 Å². The van der Waals surface area contributed by atoms with Gasteiger partial charge in [0.25, 0.3) is 0 Å². The van der Waals surface area contributed by atoms with E-state index in [9.17, 15) is 14.4 Å². The van der Waals surface area contributed by atoms with E-state index in [2.05, 4.69) is 4.74 Å². The van der Waals surface area contributed by atoms with Crippen LogP contribution in [0.25, 0.3) is 0 Å². The number of carbonyl (C=O) groups is 3. The third-order valence-electron chi connectivity index (χ3n) is 2.26. The van der Waals surface area contributed by atoms with Gasteiger partial charge in [-0.3, -0.25) is 9.59 Å². The standard InChI is InChI=1S/C6H8O6.C5H8O4/c7-1-2(8)5-3(9)4(10)6(11)12-5;6-4(7)2-1-3-5(8)9/h2,5,7-10H,1H2;1-3H2,(H,6,7)(H,8,9)/t2-,5+;/m0./s1. The highest BCUT2D eigenvalue weighted by Crippen LogP contribution is 2.20. The lowest BCUT2D eigenvalue weighted by Gasteiger charge is -2.13. The second-order valence-electron chi connectivity index (χ2n) is 3.95. The van der Waals surface area contributed by atoms with E-state index >= 15 is 0 Å². The Bertz CT molecular complexity index is 413. The van der Waals surface area contributed by atoms with E-state index in [1.807, 2.05) is 0 Å². The second-order valence-corrected chi connectivity index (χ2v) is 3.95. The number of aliphatic hydroxyl groups is 4. The predicted molar refractivity (Wildman–Crippen MR) is 64.4 cm³/mol. The predicted octanol–water partition coefficient (Wildman–Crippen LogP) is -1.08. The molecule has 1 rings (SSSR count). The first-order valence-electron chi connectivity index (χ1n) is 5.76. The lowest BCUT2D eigenvalue weighted by Crippen LogP contribution is -2.31. The quantitative estimate of drug-likeness (QED) is 0.330. The molecule has 0 saturated carbocycles. The van der Waals surface area contributed by atoms with Gasteiger partial charge in [-0.15, -0.1) is 0 Å². The van der Waals surface area contributed by atoms with Crippen molar-refractivity contribution in [2.75, 3.05) is 6.61 Å². The van der Waals surface area contributed by atoms with Crippen LogP contribution in [0.2, 0.25) is 0 Å². The van der Waals surface area contributed by atoms with Crippen LogP contribution in [0.15, 0.2) is 11.5 Å². The van der Waals surface area contributed by atoms with E-state index < -0.39 is 48.2 Å². The van der Waals surface area contributed by atoms with Crippen LogP contribution in [-0.2, 0) is 19.1 Å². The molecule has 120 valence electrons. The average molecular weight is 308 g/mol. The molecule has 2 atom stereocenters. The number of esters is 1. The van der Waals surface area contributed by atoms with Crippen LogP contribution in [-0.4, -0.2) is 67.4 Å². The lowest BCUT2D eigenvalue weighted by atomic mass is 10.2. The van der Waals surface area contributed by atoms with Gasteiger partial charge < -0.3 is 35.4 Å². The number of cyclic esters (lactones) is 1. The third kappa shape index (κ3) is 6.58. The molecule has 0 saturated heterocycles. The number of rotatable bonds is 6. The molecule has 0 bridgehead atoms. The zero-order valence-electron chi connectivity index (χ0n) is 10.8. The molecule has 0 amide bonds. The van der Waals surface area contributed by atoms with Crippen molar-refractivity contribution in [2.45, 2.75) is 31.5 Å². The zero-order chi connectivity index (χ0) is 16.6. The number of carboxylic acid groups (broad SMARTS) is 2. The SMILES string of the molecule is O=C(O)CCCC(=O)O.O=C1O[C@H]([C@@H](O)CO)C(O)=C1O. The number of hydrogen-bond donors (Lipinski definition) is 6. The first-order chi connectivity index (χ1) is 9.70. The highest BCUT2D eigenvalue weighted by molar-refractivity contribution is 5.89. The van der Waals surface area contributed by atoms with Gasteiger partial charge in [-0.25, -0.2) is 4.79 Å². The van der Waals surface area contributed by atoms with E-state index in [1.54, 1.807) is 0 Å². The molecule has 1 heterocycles. The van der Waals surface area contributed by atoms with Crippen molar-refractivity contribution in [3.8, 4) is 0 Å². The fourth-order valence-electron chi connectivity index (χ4n) is 1.21. The van der Waals surface area contributed by atoms with Gasteiger partial charge in [-0.05, 0) is 6.42 Å². The van der Waals surface area contributed by atoms with Crippen molar-refractivity contribution in [2.24, 2.45) is 0 Å². The highest BCUT2D eigenvalue weighted by Gasteiger charge is 2.38. The summed E-state index contributed by atoms with van der Waals surface area (Å²) in [5, 5.41) is 51.1. The molecule has 0 unspecified atom stereocenters. The van der Waals surface area contributed by atoms with E-state index in [0.717, 1.165) is 0 Å². The van der Waals surface area contributed by atoms with Gasteiger partial charge in [-0.1, -0.05) is 0 Å². The summed E-state index contributed by atoms with van der Waals surface area (Å²) >= 11 is 0. The Morgan fingerprint density at radius 3 is 1.90 bits per heavy atom. The van der Waals surface area contributed by atoms with Crippen LogP contribution in [0.3, 0.4) is 0 Å². The van der Waals surface area contributed by atoms with E-state index in [-0.39, 0.29) is 19.3 Å². The lowest BCUT2D eigenvalue weighted by molar-refractivity contribution is -0.147. The van der Waals surface area contributed by atoms with Gasteiger partial charge in [0, 0.05) is 12.8 Å². The minimum atomic E-state index is -1.42. The van der Waals surface area contributed by atoms with Crippen molar-refractivity contribution >= 4 is 17.9 Å². The summed E-state index contributed by atoms with van der Waals surface area (Å²) in [6.07, 6.45) is -2.69. The van der Waals surface area contributed by atoms with Gasteiger partial charge in [0.2, 0.25) is 5.76 Å². The molecule has 1 aliphatic rings. The minimum absolute atomic E-state index is 0.0632. The summed E-state index contributed by atoms with van der Waals surface area (Å²) in [6.45, 7) is -0.671. The Balaban J connectivity index is 0.000000400. The molecule has 0 aromatic rings. The van der Waals surface area contributed by atoms with Crippen LogP contribution in [0.5, 0.6) is 0 Å². The number of aliphatic hydroxyl groups excluding tert-OH is 4. The summed E-state index contributed by atoms with van der Waals surface area (Å²) in [4.78, 5) is 30.1. The number of carboxylic acids is 2. The summed E-state index contributed by atoms with van der Waals surface area (Å²) < 4.78 is 4.32. The summed E-state index contributed by atoms with van der Waals surface area (Å²) in [5.74, 6) is -4.67. The normalized spacial score (nSPS) is 18.6. The molecule has 0 aromatic heterocycles. The Kier molecular flexibility index (Phi) is 7.79. The highest BCUT2D eigenvalue weighted by atomic mass is 16.6. The van der Waals surface area contributed by atoms with E-state index in [0.29, 0.717) is 0 Å². The van der Waals surface area contributed by atoms with Crippen LogP contribution in [0.4, 0.5) is 0 Å². The van der Waals surface area contributed by atoms with Crippen LogP contribution >= 0.6 is 0 Å². The largest absolute Gasteiger partial charge is 0.505 e. The smallest absolute Gasteiger partial charge is 0.377 e. The fourth-order valence-corrected chi connectivity index (χ4v) is 1.21. The molecule has 10 nitrogen and oxygen atoms in total. The number of aliphatic carboxylic acids is 2. The Morgan fingerprint density at radius 1 is 1.14 bits per heavy atom. The Labute approximate surface area is 118 Å². The molecule has 21 heavy (non-hydrogen) atoms. The van der Waals surface area contributed by atoms with Gasteiger partial charge in [0.15, 0.2) is 11.9 Å². The van der Waals surface area contributed by atoms with Crippen LogP contribution < -0.4 is 0 Å². The number of hydrogen-bond acceptors (Lipinski definition) is 8. The van der Waals surface area contributed by atoms with Crippen molar-refractivity contribution in [3.63, 3.8) is 0 Å². The molecule has 1 aliphatic heterocycles. The molecule has 6 N–H and O–H groups in total. The van der Waals surface area contributed by atoms with Gasteiger partial charge in [-0.2, -0.15) is 0 Å². The molecule has 0 aliphatic carbocycles. The number of ether oxygens (including phenoxy) is 1. The molecule has 0 fully saturated rings. The maximum atomic E-state index is 10.5. The topological polar surface area (TPSA) is 182 Å². The summed E-state index contributed by atoms with van der Waals surface area (Å²) in [7, 11) is 0. The minimum Gasteiger partial charge on any atom is -0.505 e. The molecule has 0 aromatic carbocycles. The average Bonchev–Trinajstić information content (AvgIpc) is 2.65. The third-order valence-corrected chi connectivity index (χ3v) is 2.26. The zero-order valence-corrected chi connectivity index (χ0v) is 10.8. The monoisotopic (exact) mass is 308 g/mol. The molecule has 0 spiro atoms. The molecular weight excluding hydrogens is 292 g/mol. The van der Waals surface area contributed by atoms with Crippen molar-refractivity contribution in [3.05, 3.63) is 11.5 Å². The van der Waals surface area contributed by atoms with Crippen molar-refractivity contribution in [1.82, 2.24) is 0 Å². The molecular formula is C11H16O10. The summed E-state index contributed by atoms with van der Waals surface area (Å²) in [6, 6.07) is 0. The van der Waals surface area contributed by atoms with Gasteiger partial charge in [0.05, 0.1) is 6.61 Å². The Hall–Kier alpha value is -2.33. The molecule has 10 heteroatoms. The van der Waals surface area contributed by atoms with Crippen molar-refractivity contribution in [1.29, 1.82) is 0 Å². The van der Waals surface area contributed by atoms with Crippen molar-refractivity contribution < 1.29 is 49.8 Å².